The molecule has 9 heteroatoms. The Balaban J connectivity index is 0.000000466. The summed E-state index contributed by atoms with van der Waals surface area (Å²) in [5, 5.41) is 26.1. The van der Waals surface area contributed by atoms with Crippen molar-refractivity contribution < 1.29 is 34.7 Å². The second-order valence-corrected chi connectivity index (χ2v) is 7.99. The molecule has 1 saturated heterocycles. The summed E-state index contributed by atoms with van der Waals surface area (Å²) in [5.74, 6) is -2.44. The van der Waals surface area contributed by atoms with Gasteiger partial charge in [0.2, 0.25) is 0 Å². The third kappa shape index (κ3) is 10.9. The molecule has 1 fully saturated rings. The number of alkyl carbamates (subject to hydrolysis) is 1. The van der Waals surface area contributed by atoms with Crippen LogP contribution in [0, 0.1) is 0 Å². The number of benzene rings is 2. The molecule has 2 aromatic carbocycles. The van der Waals surface area contributed by atoms with Crippen molar-refractivity contribution in [2.45, 2.75) is 37.9 Å². The maximum atomic E-state index is 11.6. The van der Waals surface area contributed by atoms with Gasteiger partial charge in [0.25, 0.3) is 0 Å². The molecule has 0 saturated carbocycles. The summed E-state index contributed by atoms with van der Waals surface area (Å²) >= 11 is 0. The Kier molecular flexibility index (Phi) is 12.0. The Hall–Kier alpha value is -3.69. The van der Waals surface area contributed by atoms with Crippen LogP contribution in [-0.4, -0.2) is 55.0 Å². The zero-order valence-electron chi connectivity index (χ0n) is 19.8. The van der Waals surface area contributed by atoms with Gasteiger partial charge in [-0.3, -0.25) is 5.32 Å². The van der Waals surface area contributed by atoms with Gasteiger partial charge < -0.3 is 30.4 Å². The van der Waals surface area contributed by atoms with Crippen LogP contribution in [0.25, 0.3) is 0 Å². The van der Waals surface area contributed by atoms with Crippen LogP contribution in [0.5, 0.6) is 0 Å². The lowest BCUT2D eigenvalue weighted by molar-refractivity contribution is -0.697. The lowest BCUT2D eigenvalue weighted by Crippen LogP contribution is -2.95. The first-order chi connectivity index (χ1) is 16.9. The molecule has 2 aromatic rings. The minimum Gasteiger partial charge on any atom is -0.545 e. The molecular weight excluding hydrogens is 450 g/mol. The number of carbonyl (C=O) groups is 3. The molecule has 0 aliphatic carbocycles. The standard InChI is InChI=1S/C22H29N3O2.C4H4O4/c1-2-27-22(26)25-19-13-14-21(23-15-19)24-16-20(17-9-5-3-6-10-17)18-11-7-4-8-12-18;5-3(6)1-2-4(7)8/h3-12,19-21,23-24H,2,13-16H2,1H3,(H,25,26);1-2H,(H,5,6)(H,7,8)/b;2-1+. The van der Waals surface area contributed by atoms with E-state index in [1.54, 1.807) is 0 Å². The second-order valence-electron chi connectivity index (χ2n) is 7.99. The number of carboxylic acid groups (broad SMARTS) is 2. The van der Waals surface area contributed by atoms with Crippen LogP contribution in [0.4, 0.5) is 4.79 Å². The Bertz CT molecular complexity index is 889. The molecule has 2 unspecified atom stereocenters. The van der Waals surface area contributed by atoms with E-state index >= 15 is 0 Å². The van der Waals surface area contributed by atoms with Crippen molar-refractivity contribution in [2.75, 3.05) is 19.7 Å². The summed E-state index contributed by atoms with van der Waals surface area (Å²) < 4.78 is 4.96. The van der Waals surface area contributed by atoms with E-state index < -0.39 is 11.9 Å². The number of amides is 1. The number of hydrogen-bond acceptors (Lipinski definition) is 6. The summed E-state index contributed by atoms with van der Waals surface area (Å²) in [4.78, 5) is 30.5. The van der Waals surface area contributed by atoms with Crippen LogP contribution in [0.15, 0.2) is 72.8 Å². The quantitative estimate of drug-likeness (QED) is 0.382. The average Bonchev–Trinajstić information content (AvgIpc) is 2.86. The number of ether oxygens (including phenoxy) is 1. The topological polar surface area (TPSA) is 144 Å². The molecule has 1 aliphatic heterocycles. The largest absolute Gasteiger partial charge is 0.545 e. The number of hydrogen-bond donors (Lipinski definition) is 4. The van der Waals surface area contributed by atoms with Gasteiger partial charge in [0.1, 0.15) is 6.17 Å². The third-order valence-electron chi connectivity index (χ3n) is 5.47. The van der Waals surface area contributed by atoms with E-state index in [1.165, 1.54) is 11.1 Å². The predicted octanol–water partition coefficient (Wildman–Crippen LogP) is 0.583. The molecule has 0 radical (unpaired) electrons. The fraction of sp³-hybridized carbons (Fsp3) is 0.346. The highest BCUT2D eigenvalue weighted by Crippen LogP contribution is 2.22. The predicted molar refractivity (Wildman–Crippen MR) is 128 cm³/mol. The van der Waals surface area contributed by atoms with E-state index in [9.17, 15) is 19.5 Å². The van der Waals surface area contributed by atoms with E-state index in [0.29, 0.717) is 30.8 Å². The van der Waals surface area contributed by atoms with Gasteiger partial charge in [0.15, 0.2) is 0 Å². The first-order valence-electron chi connectivity index (χ1n) is 11.6. The van der Waals surface area contributed by atoms with Gasteiger partial charge in [-0.05, 0) is 30.5 Å². The lowest BCUT2D eigenvalue weighted by Gasteiger charge is -2.29. The Labute approximate surface area is 205 Å². The number of carbonyl (C=O) groups excluding carboxylic acids is 2. The molecule has 188 valence electrons. The average molecular weight is 484 g/mol. The normalized spacial score (nSPS) is 17.3. The van der Waals surface area contributed by atoms with E-state index in [4.69, 9.17) is 9.84 Å². The maximum absolute atomic E-state index is 11.6. The molecule has 5 N–H and O–H groups in total. The van der Waals surface area contributed by atoms with Crippen molar-refractivity contribution >= 4 is 18.0 Å². The monoisotopic (exact) mass is 483 g/mol. The lowest BCUT2D eigenvalue weighted by atomic mass is 9.91. The molecule has 3 rings (SSSR count). The molecule has 1 amide bonds. The highest BCUT2D eigenvalue weighted by atomic mass is 16.5. The summed E-state index contributed by atoms with van der Waals surface area (Å²) in [6.45, 7) is 3.99. The molecular formula is C26H33N3O6. The molecule has 9 nitrogen and oxygen atoms in total. The van der Waals surface area contributed by atoms with Crippen LogP contribution in [0.3, 0.4) is 0 Å². The van der Waals surface area contributed by atoms with Gasteiger partial charge in [-0.1, -0.05) is 60.7 Å². The van der Waals surface area contributed by atoms with Gasteiger partial charge in [-0.15, -0.1) is 0 Å². The van der Waals surface area contributed by atoms with Crippen LogP contribution in [-0.2, 0) is 14.3 Å². The van der Waals surface area contributed by atoms with Crippen molar-refractivity contribution in [1.82, 2.24) is 10.6 Å². The second kappa shape index (κ2) is 15.3. The van der Waals surface area contributed by atoms with Gasteiger partial charge in [-0.2, -0.15) is 0 Å². The molecule has 0 aromatic heterocycles. The van der Waals surface area contributed by atoms with Crippen molar-refractivity contribution in [2.24, 2.45) is 0 Å². The zero-order chi connectivity index (χ0) is 25.5. The number of rotatable bonds is 9. The SMILES string of the molecule is CCOC(=O)NC1CCC([NH2+]CC(c2ccccc2)c2ccccc2)NC1.O=C([O-])/C=C/C(=O)O. The molecule has 0 bridgehead atoms. The Morgan fingerprint density at radius 3 is 2.11 bits per heavy atom. The highest BCUT2D eigenvalue weighted by Gasteiger charge is 2.25. The summed E-state index contributed by atoms with van der Waals surface area (Å²) in [6.07, 6.45) is 2.99. The van der Waals surface area contributed by atoms with Crippen LogP contribution >= 0.6 is 0 Å². The van der Waals surface area contributed by atoms with Crippen molar-refractivity contribution in [3.05, 3.63) is 83.9 Å². The van der Waals surface area contributed by atoms with Crippen molar-refractivity contribution in [3.63, 3.8) is 0 Å². The number of carboxylic acids is 2. The summed E-state index contributed by atoms with van der Waals surface area (Å²) in [5.41, 5.74) is 2.69. The van der Waals surface area contributed by atoms with Gasteiger partial charge in [0.05, 0.1) is 25.0 Å². The van der Waals surface area contributed by atoms with Gasteiger partial charge in [0, 0.05) is 25.1 Å². The summed E-state index contributed by atoms with van der Waals surface area (Å²) in [6, 6.07) is 21.5. The van der Waals surface area contributed by atoms with E-state index in [0.717, 1.165) is 25.9 Å². The van der Waals surface area contributed by atoms with Crippen LogP contribution in [0.1, 0.15) is 36.8 Å². The third-order valence-corrected chi connectivity index (χ3v) is 5.47. The van der Waals surface area contributed by atoms with Gasteiger partial charge in [-0.25, -0.2) is 9.59 Å². The smallest absolute Gasteiger partial charge is 0.407 e. The molecule has 35 heavy (non-hydrogen) atoms. The van der Waals surface area contributed by atoms with E-state index in [2.05, 4.69) is 76.6 Å². The highest BCUT2D eigenvalue weighted by molar-refractivity contribution is 5.88. The van der Waals surface area contributed by atoms with Gasteiger partial charge >= 0.3 is 12.1 Å². The number of piperidine rings is 1. The van der Waals surface area contributed by atoms with Crippen molar-refractivity contribution in [3.8, 4) is 0 Å². The number of nitrogens with two attached hydrogens (primary N) is 1. The Morgan fingerprint density at radius 2 is 1.69 bits per heavy atom. The molecule has 1 heterocycles. The van der Waals surface area contributed by atoms with Crippen LogP contribution < -0.4 is 21.1 Å². The molecule has 1 aliphatic rings. The summed E-state index contributed by atoms with van der Waals surface area (Å²) in [7, 11) is 0. The van der Waals surface area contributed by atoms with E-state index in [1.807, 2.05) is 6.92 Å². The molecule has 0 spiro atoms. The number of aliphatic carboxylic acids is 2. The van der Waals surface area contributed by atoms with E-state index in [-0.39, 0.29) is 12.1 Å². The number of quaternary nitrogens is 1. The minimum atomic E-state index is -1.51. The fourth-order valence-corrected chi connectivity index (χ4v) is 3.82. The minimum absolute atomic E-state index is 0.146. The first kappa shape index (κ1) is 27.6. The maximum Gasteiger partial charge on any atom is 0.407 e. The zero-order valence-corrected chi connectivity index (χ0v) is 19.8. The first-order valence-corrected chi connectivity index (χ1v) is 11.6. The molecule has 2 atom stereocenters. The van der Waals surface area contributed by atoms with Crippen molar-refractivity contribution in [1.29, 1.82) is 0 Å². The fourth-order valence-electron chi connectivity index (χ4n) is 3.82. The number of nitrogens with one attached hydrogen (secondary N) is 2. The Morgan fingerprint density at radius 1 is 1.09 bits per heavy atom. The van der Waals surface area contributed by atoms with Crippen LogP contribution in [0.2, 0.25) is 0 Å².